The molecule has 0 unspecified atom stereocenters. The number of carbonyl (C=O) groups excluding carboxylic acids is 1. The topological polar surface area (TPSA) is 92.9 Å². The van der Waals surface area contributed by atoms with Crippen molar-refractivity contribution in [3.8, 4) is 17.1 Å². The third-order valence-corrected chi connectivity index (χ3v) is 5.80. The molecule has 28 heavy (non-hydrogen) atoms. The standard InChI is InChI=1S/C19H17N5O2S2/c1-2-24-17(14-9-12-5-3-4-6-13(12)10-15(14)25)22-23-19(24)28-11-16(26)21-18-20-7-8-27-18/h3-10,25H,2,11H2,1H3,(H,20,21,26). The van der Waals surface area contributed by atoms with Gasteiger partial charge in [-0.1, -0.05) is 36.0 Å². The van der Waals surface area contributed by atoms with Crippen LogP contribution in [0.25, 0.3) is 22.2 Å². The van der Waals surface area contributed by atoms with Gasteiger partial charge in [0, 0.05) is 18.1 Å². The first-order valence-corrected chi connectivity index (χ1v) is 10.5. The van der Waals surface area contributed by atoms with Gasteiger partial charge in [0.2, 0.25) is 5.91 Å². The highest BCUT2D eigenvalue weighted by atomic mass is 32.2. The molecule has 0 radical (unpaired) electrons. The van der Waals surface area contributed by atoms with Crippen LogP contribution in [0.3, 0.4) is 0 Å². The number of nitrogens with one attached hydrogen (secondary N) is 1. The second kappa shape index (κ2) is 7.99. The van der Waals surface area contributed by atoms with Crippen molar-refractivity contribution in [3.05, 3.63) is 48.0 Å². The van der Waals surface area contributed by atoms with E-state index in [1.54, 1.807) is 17.6 Å². The third kappa shape index (κ3) is 3.71. The van der Waals surface area contributed by atoms with E-state index in [9.17, 15) is 9.90 Å². The highest BCUT2D eigenvalue weighted by Crippen LogP contribution is 2.34. The van der Waals surface area contributed by atoms with E-state index in [0.717, 1.165) is 10.8 Å². The second-order valence-electron chi connectivity index (χ2n) is 5.94. The van der Waals surface area contributed by atoms with Crippen molar-refractivity contribution >= 4 is 44.9 Å². The number of thiazole rings is 1. The number of anilines is 1. The van der Waals surface area contributed by atoms with Crippen LogP contribution in [0.5, 0.6) is 5.75 Å². The van der Waals surface area contributed by atoms with Gasteiger partial charge in [0.05, 0.1) is 11.3 Å². The fourth-order valence-electron chi connectivity index (χ4n) is 2.86. The zero-order valence-corrected chi connectivity index (χ0v) is 16.6. The number of nitrogens with zero attached hydrogens (tertiary/aromatic N) is 4. The first-order valence-electron chi connectivity index (χ1n) is 8.63. The van der Waals surface area contributed by atoms with Crippen LogP contribution >= 0.6 is 23.1 Å². The molecule has 0 spiro atoms. The molecule has 0 fully saturated rings. The average Bonchev–Trinajstić information content (AvgIpc) is 3.35. The Morgan fingerprint density at radius 3 is 2.75 bits per heavy atom. The Bertz CT molecular complexity index is 1120. The number of rotatable bonds is 6. The first-order chi connectivity index (χ1) is 13.7. The Morgan fingerprint density at radius 2 is 2.04 bits per heavy atom. The van der Waals surface area contributed by atoms with Gasteiger partial charge >= 0.3 is 0 Å². The molecule has 4 rings (SSSR count). The van der Waals surface area contributed by atoms with Gasteiger partial charge in [-0.25, -0.2) is 4.98 Å². The van der Waals surface area contributed by atoms with E-state index < -0.39 is 0 Å². The lowest BCUT2D eigenvalue weighted by atomic mass is 10.1. The Morgan fingerprint density at radius 1 is 1.25 bits per heavy atom. The van der Waals surface area contributed by atoms with Crippen LogP contribution in [0.15, 0.2) is 53.1 Å². The van der Waals surface area contributed by atoms with E-state index in [-0.39, 0.29) is 17.4 Å². The van der Waals surface area contributed by atoms with Crippen LogP contribution in [-0.2, 0) is 11.3 Å². The molecule has 0 aliphatic heterocycles. The van der Waals surface area contributed by atoms with Gasteiger partial charge in [0.15, 0.2) is 16.1 Å². The summed E-state index contributed by atoms with van der Waals surface area (Å²) in [4.78, 5) is 16.1. The number of hydrogen-bond donors (Lipinski definition) is 2. The normalized spacial score (nSPS) is 11.0. The smallest absolute Gasteiger partial charge is 0.236 e. The number of phenols is 1. The lowest BCUT2D eigenvalue weighted by Crippen LogP contribution is -2.14. The fourth-order valence-corrected chi connectivity index (χ4v) is 4.21. The molecule has 0 aliphatic carbocycles. The van der Waals surface area contributed by atoms with Crippen LogP contribution in [0.2, 0.25) is 0 Å². The number of aromatic hydroxyl groups is 1. The zero-order chi connectivity index (χ0) is 19.5. The number of thioether (sulfide) groups is 1. The van der Waals surface area contributed by atoms with Gasteiger partial charge in [-0.3, -0.25) is 4.79 Å². The molecule has 2 N–H and O–H groups in total. The summed E-state index contributed by atoms with van der Waals surface area (Å²) >= 11 is 2.67. The third-order valence-electron chi connectivity index (χ3n) is 4.15. The van der Waals surface area contributed by atoms with Crippen molar-refractivity contribution in [2.45, 2.75) is 18.6 Å². The van der Waals surface area contributed by atoms with Gasteiger partial charge in [0.25, 0.3) is 0 Å². The lowest BCUT2D eigenvalue weighted by molar-refractivity contribution is -0.113. The van der Waals surface area contributed by atoms with Gasteiger partial charge in [-0.2, -0.15) is 0 Å². The summed E-state index contributed by atoms with van der Waals surface area (Å²) in [7, 11) is 0. The van der Waals surface area contributed by atoms with Crippen molar-refractivity contribution in [3.63, 3.8) is 0 Å². The molecule has 2 aromatic heterocycles. The highest BCUT2D eigenvalue weighted by Gasteiger charge is 2.18. The SMILES string of the molecule is CCn1c(SCC(=O)Nc2nccs2)nnc1-c1cc2ccccc2cc1O. The minimum absolute atomic E-state index is 0.152. The summed E-state index contributed by atoms with van der Waals surface area (Å²) in [5.74, 6) is 0.773. The van der Waals surface area contributed by atoms with Crippen molar-refractivity contribution < 1.29 is 9.90 Å². The average molecular weight is 412 g/mol. The maximum atomic E-state index is 12.1. The highest BCUT2D eigenvalue weighted by molar-refractivity contribution is 7.99. The molecular formula is C19H17N5O2S2. The summed E-state index contributed by atoms with van der Waals surface area (Å²) in [6.45, 7) is 2.59. The maximum absolute atomic E-state index is 12.1. The summed E-state index contributed by atoms with van der Waals surface area (Å²) in [6, 6.07) is 11.5. The number of fused-ring (bicyclic) bond motifs is 1. The lowest BCUT2D eigenvalue weighted by Gasteiger charge is -2.10. The summed E-state index contributed by atoms with van der Waals surface area (Å²) < 4.78 is 1.89. The van der Waals surface area contributed by atoms with E-state index in [2.05, 4.69) is 20.5 Å². The predicted octanol–water partition coefficient (Wildman–Crippen LogP) is 4.01. The van der Waals surface area contributed by atoms with Crippen LogP contribution in [0.1, 0.15) is 6.92 Å². The predicted molar refractivity (Wildman–Crippen MR) is 112 cm³/mol. The molecule has 1 amide bonds. The number of carbonyl (C=O) groups is 1. The number of amides is 1. The van der Waals surface area contributed by atoms with Gasteiger partial charge < -0.3 is 15.0 Å². The van der Waals surface area contributed by atoms with Crippen LogP contribution < -0.4 is 5.32 Å². The number of phenolic OH excluding ortho intramolecular Hbond substituents is 1. The van der Waals surface area contributed by atoms with E-state index in [0.29, 0.717) is 28.2 Å². The molecule has 9 heteroatoms. The van der Waals surface area contributed by atoms with Gasteiger partial charge in [-0.15, -0.1) is 21.5 Å². The number of benzene rings is 2. The Kier molecular flexibility index (Phi) is 5.27. The summed E-state index contributed by atoms with van der Waals surface area (Å²) in [5.41, 5.74) is 0.618. The molecule has 0 saturated heterocycles. The van der Waals surface area contributed by atoms with Gasteiger partial charge in [-0.05, 0) is 29.8 Å². The van der Waals surface area contributed by atoms with Crippen LogP contribution in [-0.4, -0.2) is 36.5 Å². The Balaban J connectivity index is 1.57. The van der Waals surface area contributed by atoms with Crippen molar-refractivity contribution in [1.82, 2.24) is 19.7 Å². The molecular weight excluding hydrogens is 394 g/mol. The quantitative estimate of drug-likeness (QED) is 0.466. The van der Waals surface area contributed by atoms with E-state index in [1.165, 1.54) is 23.1 Å². The summed E-state index contributed by atoms with van der Waals surface area (Å²) in [6.07, 6.45) is 1.64. The summed E-state index contributed by atoms with van der Waals surface area (Å²) in [5, 5.41) is 26.7. The molecule has 0 bridgehead atoms. The molecule has 0 saturated carbocycles. The second-order valence-corrected chi connectivity index (χ2v) is 7.78. The first kappa shape index (κ1) is 18.5. The largest absolute Gasteiger partial charge is 0.507 e. The number of aromatic nitrogens is 4. The van der Waals surface area contributed by atoms with Crippen molar-refractivity contribution in [2.75, 3.05) is 11.1 Å². The molecule has 4 aromatic rings. The number of hydrogen-bond acceptors (Lipinski definition) is 7. The minimum atomic E-state index is -0.152. The molecule has 2 heterocycles. The van der Waals surface area contributed by atoms with Crippen molar-refractivity contribution in [1.29, 1.82) is 0 Å². The minimum Gasteiger partial charge on any atom is -0.507 e. The van der Waals surface area contributed by atoms with Crippen molar-refractivity contribution in [2.24, 2.45) is 0 Å². The molecule has 7 nitrogen and oxygen atoms in total. The fraction of sp³-hybridized carbons (Fsp3) is 0.158. The van der Waals surface area contributed by atoms with Crippen LogP contribution in [0.4, 0.5) is 5.13 Å². The van der Waals surface area contributed by atoms with E-state index in [4.69, 9.17) is 0 Å². The monoisotopic (exact) mass is 411 g/mol. The molecule has 0 atom stereocenters. The molecule has 0 aliphatic rings. The molecule has 2 aromatic carbocycles. The van der Waals surface area contributed by atoms with Gasteiger partial charge in [0.1, 0.15) is 5.75 Å². The Hall–Kier alpha value is -2.91. The Labute approximate surface area is 169 Å². The maximum Gasteiger partial charge on any atom is 0.236 e. The zero-order valence-electron chi connectivity index (χ0n) is 15.0. The van der Waals surface area contributed by atoms with Crippen LogP contribution in [0, 0.1) is 0 Å². The van der Waals surface area contributed by atoms with E-state index in [1.807, 2.05) is 41.8 Å². The molecule has 142 valence electrons. The van der Waals surface area contributed by atoms with E-state index >= 15 is 0 Å².